The Morgan fingerprint density at radius 1 is 1.05 bits per heavy atom. The van der Waals surface area contributed by atoms with Crippen LogP contribution < -0.4 is 5.73 Å². The van der Waals surface area contributed by atoms with E-state index < -0.39 is 10.0 Å². The molecule has 114 valence electrons. The molecule has 0 amide bonds. The smallest absolute Gasteiger partial charge is 0.243 e. The molecule has 0 saturated heterocycles. The van der Waals surface area contributed by atoms with Crippen LogP contribution in [0, 0.1) is 0 Å². The van der Waals surface area contributed by atoms with Crippen molar-refractivity contribution in [2.24, 2.45) is 5.73 Å². The number of benzene rings is 2. The number of hydrogen-bond acceptors (Lipinski definition) is 3. The first-order valence-electron chi connectivity index (χ1n) is 7.29. The van der Waals surface area contributed by atoms with Crippen LogP contribution >= 0.6 is 0 Å². The van der Waals surface area contributed by atoms with Gasteiger partial charge in [-0.2, -0.15) is 4.31 Å². The third kappa shape index (κ3) is 3.43. The molecule has 2 rings (SSSR count). The third-order valence-corrected chi connectivity index (χ3v) is 5.41. The zero-order valence-electron chi connectivity index (χ0n) is 12.3. The molecule has 2 N–H and O–H groups in total. The zero-order valence-corrected chi connectivity index (χ0v) is 13.1. The summed E-state index contributed by atoms with van der Waals surface area (Å²) in [6, 6.07) is 13.0. The molecule has 0 saturated carbocycles. The van der Waals surface area contributed by atoms with Crippen molar-refractivity contribution in [3.63, 3.8) is 0 Å². The largest absolute Gasteiger partial charge is 0.330 e. The second-order valence-corrected chi connectivity index (χ2v) is 6.93. The van der Waals surface area contributed by atoms with E-state index in [0.717, 1.165) is 17.2 Å². The molecule has 0 radical (unpaired) electrons. The van der Waals surface area contributed by atoms with Crippen molar-refractivity contribution in [2.75, 3.05) is 19.6 Å². The highest BCUT2D eigenvalue weighted by Gasteiger charge is 2.24. The van der Waals surface area contributed by atoms with Gasteiger partial charge in [0.15, 0.2) is 0 Å². The number of fused-ring (bicyclic) bond motifs is 1. The van der Waals surface area contributed by atoms with Gasteiger partial charge in [-0.3, -0.25) is 0 Å². The number of sulfonamides is 1. The lowest BCUT2D eigenvalue weighted by atomic mass is 10.1. The van der Waals surface area contributed by atoms with Crippen LogP contribution in [-0.4, -0.2) is 32.4 Å². The van der Waals surface area contributed by atoms with Gasteiger partial charge in [0.05, 0.1) is 4.90 Å². The first-order valence-corrected chi connectivity index (χ1v) is 8.73. The van der Waals surface area contributed by atoms with E-state index in [0.29, 0.717) is 31.0 Å². The van der Waals surface area contributed by atoms with Crippen molar-refractivity contribution in [2.45, 2.75) is 24.7 Å². The number of nitrogens with two attached hydrogens (primary N) is 1. The second-order valence-electron chi connectivity index (χ2n) is 5.02. The molecule has 4 nitrogen and oxygen atoms in total. The predicted molar refractivity (Wildman–Crippen MR) is 86.7 cm³/mol. The first-order chi connectivity index (χ1) is 10.1. The Labute approximate surface area is 126 Å². The Bertz CT molecular complexity index is 693. The normalized spacial score (nSPS) is 12.1. The lowest BCUT2D eigenvalue weighted by Gasteiger charge is -2.22. The Morgan fingerprint density at radius 2 is 1.76 bits per heavy atom. The van der Waals surface area contributed by atoms with Gasteiger partial charge in [-0.25, -0.2) is 8.42 Å². The van der Waals surface area contributed by atoms with Crippen LogP contribution in [-0.2, 0) is 10.0 Å². The number of rotatable bonds is 7. The minimum absolute atomic E-state index is 0.381. The van der Waals surface area contributed by atoms with Crippen molar-refractivity contribution in [3.8, 4) is 0 Å². The summed E-state index contributed by atoms with van der Waals surface area (Å²) in [6.07, 6.45) is 1.46. The van der Waals surface area contributed by atoms with E-state index in [4.69, 9.17) is 5.73 Å². The van der Waals surface area contributed by atoms with Crippen molar-refractivity contribution in [1.29, 1.82) is 0 Å². The Kier molecular flexibility index (Phi) is 5.33. The summed E-state index contributed by atoms with van der Waals surface area (Å²) in [5.74, 6) is 0. The molecular weight excluding hydrogens is 284 g/mol. The first kappa shape index (κ1) is 15.9. The average molecular weight is 306 g/mol. The van der Waals surface area contributed by atoms with Crippen LogP contribution in [0.3, 0.4) is 0 Å². The Balaban J connectivity index is 2.49. The number of hydrogen-bond donors (Lipinski definition) is 1. The summed E-state index contributed by atoms with van der Waals surface area (Å²) in [5, 5.41) is 1.71. The molecule has 0 heterocycles. The zero-order chi connectivity index (χ0) is 15.3. The van der Waals surface area contributed by atoms with E-state index in [1.165, 1.54) is 0 Å². The summed E-state index contributed by atoms with van der Waals surface area (Å²) in [4.78, 5) is 0.381. The topological polar surface area (TPSA) is 63.4 Å². The summed E-state index contributed by atoms with van der Waals surface area (Å²) >= 11 is 0. The van der Waals surface area contributed by atoms with Gasteiger partial charge in [-0.1, -0.05) is 43.3 Å². The van der Waals surface area contributed by atoms with Gasteiger partial charge in [-0.15, -0.1) is 0 Å². The van der Waals surface area contributed by atoms with Crippen LogP contribution in [0.5, 0.6) is 0 Å². The fourth-order valence-electron chi connectivity index (χ4n) is 2.43. The summed E-state index contributed by atoms with van der Waals surface area (Å²) in [6.45, 7) is 3.46. The van der Waals surface area contributed by atoms with Gasteiger partial charge in [0.25, 0.3) is 0 Å². The maximum absolute atomic E-state index is 12.9. The van der Waals surface area contributed by atoms with Crippen LogP contribution in [0.2, 0.25) is 0 Å². The summed E-state index contributed by atoms with van der Waals surface area (Å²) in [5.41, 5.74) is 5.52. The average Bonchev–Trinajstić information content (AvgIpc) is 2.50. The van der Waals surface area contributed by atoms with Crippen molar-refractivity contribution < 1.29 is 8.42 Å². The van der Waals surface area contributed by atoms with Gasteiger partial charge >= 0.3 is 0 Å². The van der Waals surface area contributed by atoms with Gasteiger partial charge in [0, 0.05) is 18.5 Å². The van der Waals surface area contributed by atoms with E-state index in [1.807, 2.05) is 37.3 Å². The Hall–Kier alpha value is -1.43. The summed E-state index contributed by atoms with van der Waals surface area (Å²) < 4.78 is 27.4. The van der Waals surface area contributed by atoms with Crippen LogP contribution in [0.15, 0.2) is 47.4 Å². The fraction of sp³-hybridized carbons (Fsp3) is 0.375. The second kappa shape index (κ2) is 7.02. The maximum Gasteiger partial charge on any atom is 0.243 e. The fourth-order valence-corrected chi connectivity index (χ4v) is 4.21. The molecule has 0 aliphatic rings. The molecule has 5 heteroatoms. The van der Waals surface area contributed by atoms with Gasteiger partial charge < -0.3 is 5.73 Å². The lowest BCUT2D eigenvalue weighted by Crippen LogP contribution is -2.33. The quantitative estimate of drug-likeness (QED) is 0.855. The standard InChI is InChI=1S/C16H22N2O2S/c1-2-12-18(13-6-11-17)21(19,20)16-10-5-8-14-7-3-4-9-15(14)16/h3-5,7-10H,2,6,11-13,17H2,1H3. The van der Waals surface area contributed by atoms with Crippen LogP contribution in [0.4, 0.5) is 0 Å². The van der Waals surface area contributed by atoms with E-state index in [-0.39, 0.29) is 0 Å². The highest BCUT2D eigenvalue weighted by atomic mass is 32.2. The molecule has 0 spiro atoms. The lowest BCUT2D eigenvalue weighted by molar-refractivity contribution is 0.406. The highest BCUT2D eigenvalue weighted by Crippen LogP contribution is 2.25. The minimum Gasteiger partial charge on any atom is -0.330 e. The SMILES string of the molecule is CCCN(CCCN)S(=O)(=O)c1cccc2ccccc12. The minimum atomic E-state index is -3.48. The van der Waals surface area contributed by atoms with E-state index in [2.05, 4.69) is 0 Å². The van der Waals surface area contributed by atoms with Crippen molar-refractivity contribution >= 4 is 20.8 Å². The number of nitrogens with zero attached hydrogens (tertiary/aromatic N) is 1. The van der Waals surface area contributed by atoms with Crippen molar-refractivity contribution in [1.82, 2.24) is 4.31 Å². The maximum atomic E-state index is 12.9. The van der Waals surface area contributed by atoms with E-state index in [9.17, 15) is 8.42 Å². The molecule has 0 bridgehead atoms. The predicted octanol–water partition coefficient (Wildman–Crippen LogP) is 2.59. The van der Waals surface area contributed by atoms with Gasteiger partial charge in [0.1, 0.15) is 0 Å². The molecule has 0 fully saturated rings. The molecule has 0 aromatic heterocycles. The van der Waals surface area contributed by atoms with Crippen LogP contribution in [0.1, 0.15) is 19.8 Å². The molecule has 0 aliphatic heterocycles. The highest BCUT2D eigenvalue weighted by molar-refractivity contribution is 7.89. The Morgan fingerprint density at radius 3 is 2.48 bits per heavy atom. The monoisotopic (exact) mass is 306 g/mol. The van der Waals surface area contributed by atoms with Crippen molar-refractivity contribution in [3.05, 3.63) is 42.5 Å². The van der Waals surface area contributed by atoms with Gasteiger partial charge in [-0.05, 0) is 30.8 Å². The molecule has 2 aromatic carbocycles. The van der Waals surface area contributed by atoms with Gasteiger partial charge in [0.2, 0.25) is 10.0 Å². The molecule has 2 aromatic rings. The van der Waals surface area contributed by atoms with E-state index in [1.54, 1.807) is 16.4 Å². The molecule has 0 unspecified atom stereocenters. The van der Waals surface area contributed by atoms with E-state index >= 15 is 0 Å². The van der Waals surface area contributed by atoms with Crippen LogP contribution in [0.25, 0.3) is 10.8 Å². The summed E-state index contributed by atoms with van der Waals surface area (Å²) in [7, 11) is -3.48. The molecule has 0 atom stereocenters. The molecule has 21 heavy (non-hydrogen) atoms. The third-order valence-electron chi connectivity index (χ3n) is 3.45. The molecule has 0 aliphatic carbocycles. The molecular formula is C16H22N2O2S.